The molecule has 0 bridgehead atoms. The number of carbonyl (C=O) groups excluding carboxylic acids is 1. The van der Waals surface area contributed by atoms with Crippen LogP contribution in [0.15, 0.2) is 11.6 Å². The predicted molar refractivity (Wildman–Crippen MR) is 60.4 cm³/mol. The summed E-state index contributed by atoms with van der Waals surface area (Å²) in [6, 6.07) is 0. The number of amides is 1. The summed E-state index contributed by atoms with van der Waals surface area (Å²) in [6.07, 6.45) is 5.01. The quantitative estimate of drug-likeness (QED) is 0.692. The summed E-state index contributed by atoms with van der Waals surface area (Å²) in [5.74, 6) is 0.833. The molecule has 0 radical (unpaired) electrons. The monoisotopic (exact) mass is 211 g/mol. The molecule has 2 atom stereocenters. The van der Waals surface area contributed by atoms with Crippen molar-refractivity contribution in [1.29, 1.82) is 0 Å². The van der Waals surface area contributed by atoms with Crippen LogP contribution in [0.3, 0.4) is 0 Å². The maximum atomic E-state index is 11.4. The molecule has 0 spiro atoms. The van der Waals surface area contributed by atoms with Crippen LogP contribution in [0.2, 0.25) is 0 Å². The first-order chi connectivity index (χ1) is 7.13. The first-order valence-corrected chi connectivity index (χ1v) is 5.67. The van der Waals surface area contributed by atoms with Crippen LogP contribution in [-0.4, -0.2) is 24.2 Å². The molecule has 2 unspecified atom stereocenters. The van der Waals surface area contributed by atoms with Gasteiger partial charge in [-0.25, -0.2) is 0 Å². The molecule has 1 saturated carbocycles. The molecule has 0 aliphatic heterocycles. The van der Waals surface area contributed by atoms with Gasteiger partial charge in [-0.1, -0.05) is 12.0 Å². The zero-order valence-corrected chi connectivity index (χ0v) is 9.62. The van der Waals surface area contributed by atoms with Gasteiger partial charge in [-0.3, -0.25) is 4.79 Å². The minimum Gasteiger partial charge on any atom is -0.396 e. The van der Waals surface area contributed by atoms with E-state index in [2.05, 4.69) is 5.32 Å². The molecule has 0 aromatic carbocycles. The second-order valence-electron chi connectivity index (χ2n) is 4.60. The molecule has 3 nitrogen and oxygen atoms in total. The highest BCUT2D eigenvalue weighted by Crippen LogP contribution is 2.30. The van der Waals surface area contributed by atoms with Gasteiger partial charge in [0.1, 0.15) is 0 Å². The Labute approximate surface area is 91.6 Å². The molecule has 2 N–H and O–H groups in total. The van der Waals surface area contributed by atoms with Gasteiger partial charge in [0, 0.05) is 19.2 Å². The normalized spacial score (nSPS) is 25.0. The second-order valence-corrected chi connectivity index (χ2v) is 4.60. The van der Waals surface area contributed by atoms with Crippen molar-refractivity contribution >= 4 is 5.91 Å². The van der Waals surface area contributed by atoms with Crippen LogP contribution in [0.5, 0.6) is 0 Å². The van der Waals surface area contributed by atoms with Crippen molar-refractivity contribution < 1.29 is 9.90 Å². The Morgan fingerprint density at radius 1 is 1.40 bits per heavy atom. The third-order valence-corrected chi connectivity index (χ3v) is 3.01. The molecular weight excluding hydrogens is 190 g/mol. The lowest BCUT2D eigenvalue weighted by Crippen LogP contribution is -2.30. The maximum absolute atomic E-state index is 11.4. The number of aliphatic hydroxyl groups is 1. The average molecular weight is 211 g/mol. The summed E-state index contributed by atoms with van der Waals surface area (Å²) >= 11 is 0. The average Bonchev–Trinajstić information content (AvgIpc) is 2.60. The van der Waals surface area contributed by atoms with Crippen LogP contribution in [0, 0.1) is 11.8 Å². The van der Waals surface area contributed by atoms with Crippen LogP contribution in [-0.2, 0) is 4.79 Å². The fraction of sp³-hybridized carbons (Fsp3) is 0.750. The molecule has 86 valence electrons. The molecular formula is C12H21NO2. The number of aliphatic hydroxyl groups excluding tert-OH is 1. The van der Waals surface area contributed by atoms with E-state index in [1.807, 2.05) is 13.8 Å². The van der Waals surface area contributed by atoms with E-state index in [0.717, 1.165) is 18.4 Å². The molecule has 0 aromatic rings. The second kappa shape index (κ2) is 5.91. The molecule has 1 fully saturated rings. The van der Waals surface area contributed by atoms with E-state index in [-0.39, 0.29) is 12.5 Å². The molecule has 1 amide bonds. The first kappa shape index (κ1) is 12.2. The molecule has 0 aromatic heterocycles. The van der Waals surface area contributed by atoms with Gasteiger partial charge in [-0.15, -0.1) is 0 Å². The molecule has 1 rings (SSSR count). The summed E-state index contributed by atoms with van der Waals surface area (Å²) in [5, 5.41) is 12.0. The number of nitrogens with one attached hydrogen (secondary N) is 1. The summed E-state index contributed by atoms with van der Waals surface area (Å²) < 4.78 is 0. The zero-order chi connectivity index (χ0) is 11.3. The molecule has 0 heterocycles. The molecule has 0 saturated heterocycles. The summed E-state index contributed by atoms with van der Waals surface area (Å²) in [6.45, 7) is 4.77. The van der Waals surface area contributed by atoms with Gasteiger partial charge in [-0.2, -0.15) is 0 Å². The van der Waals surface area contributed by atoms with Crippen LogP contribution in [0.4, 0.5) is 0 Å². The summed E-state index contributed by atoms with van der Waals surface area (Å²) in [4.78, 5) is 11.4. The lowest BCUT2D eigenvalue weighted by atomic mass is 9.97. The predicted octanol–water partition coefficient (Wildman–Crippen LogP) is 1.48. The number of hydrogen-bond donors (Lipinski definition) is 2. The smallest absolute Gasteiger partial charge is 0.243 e. The van der Waals surface area contributed by atoms with Gasteiger partial charge >= 0.3 is 0 Å². The molecule has 3 heteroatoms. The Kier molecular flexibility index (Phi) is 4.82. The topological polar surface area (TPSA) is 49.3 Å². The van der Waals surface area contributed by atoms with Crippen molar-refractivity contribution in [2.75, 3.05) is 13.2 Å². The third kappa shape index (κ3) is 4.04. The van der Waals surface area contributed by atoms with Gasteiger partial charge in [-0.05, 0) is 38.5 Å². The number of carbonyl (C=O) groups is 1. The van der Waals surface area contributed by atoms with Gasteiger partial charge in [0.2, 0.25) is 5.91 Å². The summed E-state index contributed by atoms with van der Waals surface area (Å²) in [7, 11) is 0. The molecule has 1 aliphatic rings. The fourth-order valence-corrected chi connectivity index (χ4v) is 2.17. The maximum Gasteiger partial charge on any atom is 0.243 e. The molecule has 15 heavy (non-hydrogen) atoms. The first-order valence-electron chi connectivity index (χ1n) is 5.67. The van der Waals surface area contributed by atoms with Crippen molar-refractivity contribution in [3.05, 3.63) is 11.6 Å². The van der Waals surface area contributed by atoms with E-state index in [1.54, 1.807) is 6.08 Å². The van der Waals surface area contributed by atoms with Crippen molar-refractivity contribution in [2.24, 2.45) is 11.8 Å². The third-order valence-electron chi connectivity index (χ3n) is 3.01. The van der Waals surface area contributed by atoms with Crippen molar-refractivity contribution in [3.63, 3.8) is 0 Å². The highest BCUT2D eigenvalue weighted by molar-refractivity contribution is 5.87. The minimum absolute atomic E-state index is 0.0152. The molecule has 1 aliphatic carbocycles. The minimum atomic E-state index is -0.0152. The van der Waals surface area contributed by atoms with Gasteiger partial charge < -0.3 is 10.4 Å². The Balaban J connectivity index is 2.30. The van der Waals surface area contributed by atoms with E-state index < -0.39 is 0 Å². The lowest BCUT2D eigenvalue weighted by Gasteiger charge is -2.17. The van der Waals surface area contributed by atoms with Gasteiger partial charge in [0.25, 0.3) is 0 Å². The van der Waals surface area contributed by atoms with E-state index in [4.69, 9.17) is 5.11 Å². The lowest BCUT2D eigenvalue weighted by molar-refractivity contribution is -0.116. The summed E-state index contributed by atoms with van der Waals surface area (Å²) in [5.41, 5.74) is 1.01. The van der Waals surface area contributed by atoms with E-state index in [9.17, 15) is 4.79 Å². The van der Waals surface area contributed by atoms with E-state index in [1.165, 1.54) is 6.42 Å². The number of hydrogen-bond acceptors (Lipinski definition) is 2. The van der Waals surface area contributed by atoms with Crippen LogP contribution in [0.25, 0.3) is 0 Å². The highest BCUT2D eigenvalue weighted by atomic mass is 16.3. The van der Waals surface area contributed by atoms with Crippen LogP contribution < -0.4 is 5.32 Å². The van der Waals surface area contributed by atoms with E-state index >= 15 is 0 Å². The van der Waals surface area contributed by atoms with Crippen molar-refractivity contribution in [2.45, 2.75) is 33.1 Å². The van der Waals surface area contributed by atoms with Gasteiger partial charge in [0.15, 0.2) is 0 Å². The highest BCUT2D eigenvalue weighted by Gasteiger charge is 2.26. The van der Waals surface area contributed by atoms with E-state index in [0.29, 0.717) is 18.4 Å². The Morgan fingerprint density at radius 3 is 2.67 bits per heavy atom. The van der Waals surface area contributed by atoms with Crippen LogP contribution >= 0.6 is 0 Å². The largest absolute Gasteiger partial charge is 0.396 e. The Hall–Kier alpha value is -0.830. The van der Waals surface area contributed by atoms with Crippen molar-refractivity contribution in [3.8, 4) is 0 Å². The fourth-order valence-electron chi connectivity index (χ4n) is 2.17. The Bertz CT molecular complexity index is 244. The van der Waals surface area contributed by atoms with Crippen molar-refractivity contribution in [1.82, 2.24) is 5.32 Å². The van der Waals surface area contributed by atoms with Gasteiger partial charge in [0.05, 0.1) is 0 Å². The standard InChI is InChI=1S/C12H21NO2/c1-9(2)6-12(15)13-7-10-4-3-5-11(10)8-14/h6,10-11,14H,3-5,7-8H2,1-2H3,(H,13,15). The SMILES string of the molecule is CC(C)=CC(=O)NCC1CCCC1CO. The number of allylic oxidation sites excluding steroid dienone is 1. The number of rotatable bonds is 4. The Morgan fingerprint density at radius 2 is 2.07 bits per heavy atom. The zero-order valence-electron chi connectivity index (χ0n) is 9.62. The van der Waals surface area contributed by atoms with Crippen LogP contribution in [0.1, 0.15) is 33.1 Å².